The molecule has 108 heavy (non-hydrogen) atoms. The zero-order chi connectivity index (χ0) is 72.6. The van der Waals surface area contributed by atoms with E-state index in [1.807, 2.05) is 65.3 Å². The van der Waals surface area contributed by atoms with Crippen LogP contribution in [-0.2, 0) is 9.31 Å². The maximum absolute atomic E-state index is 6.29. The van der Waals surface area contributed by atoms with E-state index in [0.29, 0.717) is 0 Å². The summed E-state index contributed by atoms with van der Waals surface area (Å²) in [6, 6.07) is 120. The van der Waals surface area contributed by atoms with Crippen LogP contribution in [0.1, 0.15) is 29.1 Å². The van der Waals surface area contributed by atoms with Crippen LogP contribution in [0.5, 0.6) is 0 Å². The summed E-state index contributed by atoms with van der Waals surface area (Å²) >= 11 is 3.83. The van der Waals surface area contributed by atoms with Crippen LogP contribution in [0.2, 0.25) is 0 Å². The quantitative estimate of drug-likeness (QED) is 0.111. The summed E-state index contributed by atoms with van der Waals surface area (Å²) in [5.41, 5.74) is 21.9. The number of hydrogen-bond donors (Lipinski definition) is 0. The number of halogens is 1. The molecule has 1 aliphatic rings. The van der Waals surface area contributed by atoms with Crippen molar-refractivity contribution in [1.82, 2.24) is 28.7 Å². The van der Waals surface area contributed by atoms with Gasteiger partial charge in [0.25, 0.3) is 0 Å². The third-order valence-corrected chi connectivity index (χ3v) is 22.6. The highest BCUT2D eigenvalue weighted by Gasteiger charge is 2.51. The van der Waals surface area contributed by atoms with Gasteiger partial charge < -0.3 is 9.31 Å². The van der Waals surface area contributed by atoms with Gasteiger partial charge in [-0.1, -0.05) is 309 Å². The molecule has 0 unspecified atom stereocenters. The Labute approximate surface area is 635 Å². The zero-order valence-corrected chi connectivity index (χ0v) is 61.5. The fourth-order valence-corrected chi connectivity index (χ4v) is 16.5. The SMILES string of the molecule is Brc1c2ccccc2c(-c2ccc(-c3ccccc3)cc2)c2ccccc12.CC1(C)OB(c2cccc(-c3nc4c(nc5ccccn54)c4ccccc34)c2)OC1(C)C.[2HH].c1ccc(-c2ccc(-c3c4ccccc4c(-c4cccc(-c5nc6c(nc7ccccn76)c6ccccc56)c4)c4ccccc34)cc2)cc1. The van der Waals surface area contributed by atoms with Gasteiger partial charge in [0.15, 0.2) is 11.3 Å². The third-order valence-electron chi connectivity index (χ3n) is 21.8. The molecule has 0 atom stereocenters. The first-order valence-electron chi connectivity index (χ1n) is 36.7. The van der Waals surface area contributed by atoms with E-state index in [1.54, 1.807) is 0 Å². The Hall–Kier alpha value is -12.7. The van der Waals surface area contributed by atoms with Crippen molar-refractivity contribution in [3.05, 3.63) is 357 Å². The Morgan fingerprint density at radius 2 is 0.583 bits per heavy atom. The molecule has 0 N–H and O–H groups in total. The topological polar surface area (TPSA) is 78.8 Å². The standard InChI is InChI=1S/C46H29N3.C26H24BN3O2.C26H17Br.H2/c1-2-13-30(14-3-1)31-24-26-32(27-25-31)42-35-17-4-6-19-37(35)43(38-20-7-5-18-36(38)42)33-15-12-16-34(29-33)44-39-21-8-9-22-40(39)45-46(48-44)49-28-11-10-23-41(49)47-45;1-25(2)26(3,4)32-27(31-25)18-11-9-10-17(16-18)22-19-12-5-6-13-20(19)23-24(29-22)30-15-8-7-14-21(30)28-23;27-26-23-12-6-4-10-21(23)25(22-11-5-7-13-24(22)26)20-16-14-19(15-17-20)18-8-2-1-3-9-18;/h1-29H;5-16H,1-4H3;1-17H;1H/i;;;1+1. The van der Waals surface area contributed by atoms with E-state index >= 15 is 0 Å². The van der Waals surface area contributed by atoms with Gasteiger partial charge >= 0.3 is 7.12 Å². The van der Waals surface area contributed by atoms with Gasteiger partial charge in [0.05, 0.1) is 22.6 Å². The predicted octanol–water partition coefficient (Wildman–Crippen LogP) is 25.3. The van der Waals surface area contributed by atoms with Crippen molar-refractivity contribution in [2.75, 3.05) is 0 Å². The summed E-state index contributed by atoms with van der Waals surface area (Å²) in [5.74, 6) is 0. The molecule has 0 bridgehead atoms. The Balaban J connectivity index is 0.000000121. The molecule has 8 nitrogen and oxygen atoms in total. The molecule has 21 rings (SSSR count). The first-order chi connectivity index (χ1) is 53.0. The number of nitrogens with zero attached hydrogens (tertiary/aromatic N) is 6. The van der Waals surface area contributed by atoms with Gasteiger partial charge in [0.1, 0.15) is 22.3 Å². The minimum Gasteiger partial charge on any atom is -0.399 e. The van der Waals surface area contributed by atoms with Gasteiger partial charge in [-0.3, -0.25) is 8.80 Å². The Kier molecular flexibility index (Phi) is 16.5. The van der Waals surface area contributed by atoms with Gasteiger partial charge in [-0.25, -0.2) is 19.9 Å². The van der Waals surface area contributed by atoms with Crippen molar-refractivity contribution in [2.45, 2.75) is 38.9 Å². The number of hydrogen-bond acceptors (Lipinski definition) is 6. The number of fused-ring (bicyclic) bond motifs is 14. The highest BCUT2D eigenvalue weighted by Crippen LogP contribution is 2.47. The lowest BCUT2D eigenvalue weighted by atomic mass is 9.78. The summed E-state index contributed by atoms with van der Waals surface area (Å²) < 4.78 is 17.9. The van der Waals surface area contributed by atoms with Crippen molar-refractivity contribution in [3.8, 4) is 78.1 Å². The van der Waals surface area contributed by atoms with E-state index < -0.39 is 7.12 Å². The molecule has 20 aromatic rings. The van der Waals surface area contributed by atoms with Crippen LogP contribution in [0.4, 0.5) is 0 Å². The molecule has 14 aromatic carbocycles. The molecule has 0 aliphatic carbocycles. The van der Waals surface area contributed by atoms with Crippen molar-refractivity contribution in [1.29, 1.82) is 0 Å². The molecule has 1 aliphatic heterocycles. The third kappa shape index (κ3) is 11.6. The van der Waals surface area contributed by atoms with Gasteiger partial charge in [0, 0.05) is 51.0 Å². The van der Waals surface area contributed by atoms with Gasteiger partial charge in [-0.05, 0) is 178 Å². The lowest BCUT2D eigenvalue weighted by Crippen LogP contribution is -2.41. The Morgan fingerprint density at radius 3 is 1.01 bits per heavy atom. The van der Waals surface area contributed by atoms with Gasteiger partial charge in [-0.15, -0.1) is 0 Å². The number of benzene rings is 14. The molecule has 516 valence electrons. The van der Waals surface area contributed by atoms with E-state index in [1.165, 1.54) is 103 Å². The Morgan fingerprint density at radius 1 is 0.278 bits per heavy atom. The molecular formula is C98H72BBrN6O2. The average molecular weight is 1460 g/mol. The second-order valence-corrected chi connectivity index (χ2v) is 29.5. The summed E-state index contributed by atoms with van der Waals surface area (Å²) in [7, 11) is -0.411. The molecule has 1 fully saturated rings. The number of rotatable bonds is 8. The molecule has 0 spiro atoms. The van der Waals surface area contributed by atoms with Crippen LogP contribution >= 0.6 is 15.9 Å². The van der Waals surface area contributed by atoms with Crippen LogP contribution in [0.15, 0.2) is 357 Å². The molecule has 1 saturated heterocycles. The zero-order valence-electron chi connectivity index (χ0n) is 59.9. The van der Waals surface area contributed by atoms with Crippen LogP contribution in [0.25, 0.3) is 176 Å². The highest BCUT2D eigenvalue weighted by molar-refractivity contribution is 9.10. The number of imidazole rings is 2. The van der Waals surface area contributed by atoms with Crippen molar-refractivity contribution in [2.24, 2.45) is 0 Å². The largest absolute Gasteiger partial charge is 0.494 e. The monoisotopic (exact) mass is 1460 g/mol. The molecule has 0 radical (unpaired) electrons. The second-order valence-electron chi connectivity index (χ2n) is 28.7. The molecule has 0 saturated carbocycles. The van der Waals surface area contributed by atoms with E-state index in [9.17, 15) is 0 Å². The Bertz CT molecular complexity index is 6780. The summed E-state index contributed by atoms with van der Waals surface area (Å²) in [6.45, 7) is 8.30. The fourth-order valence-electron chi connectivity index (χ4n) is 15.8. The normalized spacial score (nSPS) is 13.3. The van der Waals surface area contributed by atoms with E-state index in [4.69, 9.17) is 29.2 Å². The van der Waals surface area contributed by atoms with E-state index in [2.05, 4.69) is 339 Å². The first-order valence-corrected chi connectivity index (χ1v) is 37.5. The maximum Gasteiger partial charge on any atom is 0.494 e. The van der Waals surface area contributed by atoms with Crippen LogP contribution in [-0.4, -0.2) is 47.1 Å². The maximum atomic E-state index is 6.29. The van der Waals surface area contributed by atoms with Crippen LogP contribution in [0, 0.1) is 0 Å². The van der Waals surface area contributed by atoms with Crippen molar-refractivity contribution >= 4 is 127 Å². The summed E-state index contributed by atoms with van der Waals surface area (Å²) in [5, 5.41) is 14.4. The van der Waals surface area contributed by atoms with Gasteiger partial charge in [-0.2, -0.15) is 0 Å². The number of aromatic nitrogens is 6. The minimum atomic E-state index is -0.411. The second kappa shape index (κ2) is 27.0. The van der Waals surface area contributed by atoms with E-state index in [-0.39, 0.29) is 12.6 Å². The lowest BCUT2D eigenvalue weighted by molar-refractivity contribution is 0.00578. The van der Waals surface area contributed by atoms with E-state index in [0.717, 1.165) is 83.1 Å². The summed E-state index contributed by atoms with van der Waals surface area (Å²) in [4.78, 5) is 20.2. The molecule has 7 heterocycles. The molecule has 0 amide bonds. The molecular weight excluding hydrogens is 1380 g/mol. The number of pyridine rings is 4. The molecule has 6 aromatic heterocycles. The fraction of sp³-hybridized carbons (Fsp3) is 0.0612. The average Bonchev–Trinajstić information content (AvgIpc) is 1.24. The smallest absolute Gasteiger partial charge is 0.399 e. The van der Waals surface area contributed by atoms with Crippen LogP contribution < -0.4 is 5.46 Å². The molecule has 10 heteroatoms. The summed E-state index contributed by atoms with van der Waals surface area (Å²) in [6.07, 6.45) is 4.05. The van der Waals surface area contributed by atoms with Crippen LogP contribution in [0.3, 0.4) is 0 Å². The predicted molar refractivity (Wildman–Crippen MR) is 456 cm³/mol. The first kappa shape index (κ1) is 66.0. The highest BCUT2D eigenvalue weighted by atomic mass is 79.9. The van der Waals surface area contributed by atoms with Crippen molar-refractivity contribution < 1.29 is 10.7 Å². The van der Waals surface area contributed by atoms with Gasteiger partial charge in [0.2, 0.25) is 0 Å². The van der Waals surface area contributed by atoms with Crippen molar-refractivity contribution in [3.63, 3.8) is 0 Å². The minimum absolute atomic E-state index is 0. The lowest BCUT2D eigenvalue weighted by Gasteiger charge is -2.32.